The Morgan fingerprint density at radius 1 is 1.77 bits per heavy atom. The quantitative estimate of drug-likeness (QED) is 0.618. The molecule has 0 spiro atoms. The third-order valence-electron chi connectivity index (χ3n) is 1.66. The number of hydrogen-bond acceptors (Lipinski definition) is 2. The van der Waals surface area contributed by atoms with Gasteiger partial charge in [-0.1, -0.05) is 24.3 Å². The number of esters is 1. The van der Waals surface area contributed by atoms with Crippen LogP contribution in [0.3, 0.4) is 0 Å². The highest BCUT2D eigenvalue weighted by Crippen LogP contribution is 2.09. The molecule has 0 aromatic rings. The monoisotopic (exact) mass is 177 g/mol. The summed E-state index contributed by atoms with van der Waals surface area (Å²) in [5, 5.41) is 0. The second-order valence-corrected chi connectivity index (χ2v) is 2.68. The molecule has 0 bridgehead atoms. The lowest BCUT2D eigenvalue weighted by Gasteiger charge is -2.01. The predicted molar refractivity (Wildman–Crippen MR) is 50.9 cm³/mol. The molecular formula is C11H13O2. The molecule has 13 heavy (non-hydrogen) atoms. The third-order valence-corrected chi connectivity index (χ3v) is 1.66. The van der Waals surface area contributed by atoms with Gasteiger partial charge in [0.2, 0.25) is 0 Å². The van der Waals surface area contributed by atoms with Crippen molar-refractivity contribution in [2.75, 3.05) is 6.61 Å². The lowest BCUT2D eigenvalue weighted by atomic mass is 10.1. The van der Waals surface area contributed by atoms with E-state index in [-0.39, 0.29) is 5.97 Å². The molecular weight excluding hydrogens is 164 g/mol. The van der Waals surface area contributed by atoms with Crippen LogP contribution in [-0.2, 0) is 9.53 Å². The van der Waals surface area contributed by atoms with Crippen LogP contribution in [0.4, 0.5) is 0 Å². The van der Waals surface area contributed by atoms with Crippen molar-refractivity contribution in [3.8, 4) is 0 Å². The van der Waals surface area contributed by atoms with E-state index >= 15 is 0 Å². The Morgan fingerprint density at radius 2 is 2.62 bits per heavy atom. The fourth-order valence-corrected chi connectivity index (χ4v) is 1.05. The first-order chi connectivity index (χ1) is 6.33. The summed E-state index contributed by atoms with van der Waals surface area (Å²) < 4.78 is 4.79. The molecule has 0 N–H and O–H groups in total. The van der Waals surface area contributed by atoms with E-state index in [2.05, 4.69) is 6.08 Å². The maximum absolute atomic E-state index is 11.0. The molecule has 0 heterocycles. The third kappa shape index (κ3) is 3.74. The summed E-state index contributed by atoms with van der Waals surface area (Å²) in [5.41, 5.74) is 1.05. The zero-order chi connectivity index (χ0) is 9.52. The van der Waals surface area contributed by atoms with E-state index < -0.39 is 0 Å². The Morgan fingerprint density at radius 3 is 3.23 bits per heavy atom. The lowest BCUT2D eigenvalue weighted by molar-refractivity contribution is -0.142. The van der Waals surface area contributed by atoms with Crippen LogP contribution in [0.1, 0.15) is 19.8 Å². The highest BCUT2D eigenvalue weighted by Gasteiger charge is 1.99. The molecule has 69 valence electrons. The van der Waals surface area contributed by atoms with Crippen molar-refractivity contribution in [2.24, 2.45) is 0 Å². The van der Waals surface area contributed by atoms with Crippen molar-refractivity contribution in [2.45, 2.75) is 19.8 Å². The molecule has 0 aromatic carbocycles. The largest absolute Gasteiger partial charge is 0.466 e. The summed E-state index contributed by atoms with van der Waals surface area (Å²) in [6.45, 7) is 2.25. The van der Waals surface area contributed by atoms with Gasteiger partial charge in [-0.2, -0.15) is 0 Å². The predicted octanol–water partition coefficient (Wildman–Crippen LogP) is 2.19. The molecule has 0 aliphatic heterocycles. The molecule has 1 aliphatic carbocycles. The second kappa shape index (κ2) is 5.36. The molecule has 0 unspecified atom stereocenters. The van der Waals surface area contributed by atoms with Crippen LogP contribution in [0.25, 0.3) is 0 Å². The Hall–Kier alpha value is -1.31. The molecule has 0 saturated heterocycles. The minimum Gasteiger partial charge on any atom is -0.466 e. The number of hydrogen-bond donors (Lipinski definition) is 0. The molecule has 0 saturated carbocycles. The van der Waals surface area contributed by atoms with E-state index in [4.69, 9.17) is 4.74 Å². The summed E-state index contributed by atoms with van der Waals surface area (Å²) in [6.07, 6.45) is 11.9. The SMILES string of the molecule is CCOC(=O)CC=C1[C]=CC=CC1. The highest BCUT2D eigenvalue weighted by molar-refractivity contribution is 5.71. The maximum Gasteiger partial charge on any atom is 0.309 e. The van der Waals surface area contributed by atoms with Gasteiger partial charge in [0.1, 0.15) is 0 Å². The van der Waals surface area contributed by atoms with Crippen molar-refractivity contribution >= 4 is 5.97 Å². The maximum atomic E-state index is 11.0. The Kier molecular flexibility index (Phi) is 4.03. The van der Waals surface area contributed by atoms with Crippen molar-refractivity contribution in [1.82, 2.24) is 0 Å². The van der Waals surface area contributed by atoms with Gasteiger partial charge in [0.05, 0.1) is 13.0 Å². The van der Waals surface area contributed by atoms with Crippen LogP contribution in [-0.4, -0.2) is 12.6 Å². The molecule has 0 amide bonds. The Labute approximate surface area is 78.6 Å². The number of ether oxygens (including phenoxy) is 1. The topological polar surface area (TPSA) is 26.3 Å². The molecule has 1 aliphatic rings. The van der Waals surface area contributed by atoms with Gasteiger partial charge in [-0.15, -0.1) is 0 Å². The summed E-state index contributed by atoms with van der Waals surface area (Å²) >= 11 is 0. The molecule has 2 heteroatoms. The first-order valence-corrected chi connectivity index (χ1v) is 4.42. The summed E-state index contributed by atoms with van der Waals surface area (Å²) in [6, 6.07) is 0. The van der Waals surface area contributed by atoms with E-state index in [0.29, 0.717) is 13.0 Å². The van der Waals surface area contributed by atoms with Gasteiger partial charge in [0, 0.05) is 0 Å². The van der Waals surface area contributed by atoms with E-state index in [9.17, 15) is 4.79 Å². The number of rotatable bonds is 3. The van der Waals surface area contributed by atoms with Gasteiger partial charge < -0.3 is 4.74 Å². The first kappa shape index (κ1) is 9.78. The van der Waals surface area contributed by atoms with Crippen LogP contribution in [0, 0.1) is 6.08 Å². The zero-order valence-corrected chi connectivity index (χ0v) is 7.75. The van der Waals surface area contributed by atoms with Crippen LogP contribution < -0.4 is 0 Å². The van der Waals surface area contributed by atoms with Gasteiger partial charge >= 0.3 is 5.97 Å². The number of allylic oxidation sites excluding steroid dienone is 5. The standard InChI is InChI=1S/C11H13O2/c1-2-13-11(12)9-8-10-6-4-3-5-7-10/h3-5,8H,2,6,9H2,1H3. The highest BCUT2D eigenvalue weighted by atomic mass is 16.5. The van der Waals surface area contributed by atoms with Crippen molar-refractivity contribution < 1.29 is 9.53 Å². The molecule has 0 aromatic heterocycles. The van der Waals surface area contributed by atoms with E-state index in [1.54, 1.807) is 6.92 Å². The van der Waals surface area contributed by atoms with Gasteiger partial charge in [-0.3, -0.25) is 4.79 Å². The summed E-state index contributed by atoms with van der Waals surface area (Å²) in [7, 11) is 0. The fraction of sp³-hybridized carbons (Fsp3) is 0.364. The smallest absolute Gasteiger partial charge is 0.309 e. The van der Waals surface area contributed by atoms with Crippen LogP contribution in [0.15, 0.2) is 29.9 Å². The summed E-state index contributed by atoms with van der Waals surface area (Å²) in [5.74, 6) is -0.175. The number of carbonyl (C=O) groups excluding carboxylic acids is 1. The fourth-order valence-electron chi connectivity index (χ4n) is 1.05. The van der Waals surface area contributed by atoms with Crippen molar-refractivity contribution in [1.29, 1.82) is 0 Å². The Balaban J connectivity index is 2.35. The molecule has 0 fully saturated rings. The average Bonchev–Trinajstić information content (AvgIpc) is 2.17. The van der Waals surface area contributed by atoms with Gasteiger partial charge in [0.15, 0.2) is 0 Å². The average molecular weight is 177 g/mol. The normalized spacial score (nSPS) is 17.8. The number of carbonyl (C=O) groups is 1. The van der Waals surface area contributed by atoms with Crippen molar-refractivity contribution in [3.05, 3.63) is 36.0 Å². The minimum atomic E-state index is -0.175. The zero-order valence-electron chi connectivity index (χ0n) is 7.75. The van der Waals surface area contributed by atoms with E-state index in [1.807, 2.05) is 24.3 Å². The second-order valence-electron chi connectivity index (χ2n) is 2.68. The van der Waals surface area contributed by atoms with Gasteiger partial charge in [-0.05, 0) is 25.0 Å². The minimum absolute atomic E-state index is 0.175. The van der Waals surface area contributed by atoms with Crippen LogP contribution in [0.5, 0.6) is 0 Å². The first-order valence-electron chi connectivity index (χ1n) is 4.42. The summed E-state index contributed by atoms with van der Waals surface area (Å²) in [4.78, 5) is 11.0. The molecule has 2 nitrogen and oxygen atoms in total. The van der Waals surface area contributed by atoms with Crippen molar-refractivity contribution in [3.63, 3.8) is 0 Å². The molecule has 1 rings (SSSR count). The Bertz CT molecular complexity index is 259. The van der Waals surface area contributed by atoms with E-state index in [1.165, 1.54) is 0 Å². The van der Waals surface area contributed by atoms with Crippen LogP contribution in [0.2, 0.25) is 0 Å². The lowest BCUT2D eigenvalue weighted by Crippen LogP contribution is -2.02. The van der Waals surface area contributed by atoms with Crippen LogP contribution >= 0.6 is 0 Å². The van der Waals surface area contributed by atoms with Gasteiger partial charge in [0.25, 0.3) is 0 Å². The molecule has 1 radical (unpaired) electrons. The van der Waals surface area contributed by atoms with E-state index in [0.717, 1.165) is 12.0 Å². The molecule has 0 atom stereocenters. The van der Waals surface area contributed by atoms with Gasteiger partial charge in [-0.25, -0.2) is 0 Å².